The number of H-pyrrole nitrogens is 1. The van der Waals surface area contributed by atoms with Gasteiger partial charge in [0.05, 0.1) is 16.7 Å². The first-order valence-electron chi connectivity index (χ1n) is 6.27. The number of hydrogen-bond donors (Lipinski definition) is 1. The average Bonchev–Trinajstić information content (AvgIpc) is 2.98. The lowest BCUT2D eigenvalue weighted by molar-refractivity contribution is 1.06. The molecule has 91 valence electrons. The number of hydrogen-bond acceptors (Lipinski definition) is 1. The van der Waals surface area contributed by atoms with Gasteiger partial charge in [-0.05, 0) is 25.1 Å². The van der Waals surface area contributed by atoms with E-state index in [-0.39, 0.29) is 0 Å². The number of fused-ring (bicyclic) bond motifs is 2. The molecule has 0 fully saturated rings. The van der Waals surface area contributed by atoms with E-state index in [1.807, 2.05) is 28.8 Å². The molecular weight excluding hydrogens is 234 g/mol. The second-order valence-electron chi connectivity index (χ2n) is 4.68. The molecule has 0 unspecified atom stereocenters. The van der Waals surface area contributed by atoms with Gasteiger partial charge in [-0.3, -0.25) is 4.57 Å². The smallest absolute Gasteiger partial charge is 0.182 e. The lowest BCUT2D eigenvalue weighted by atomic mass is 10.2. The molecule has 2 heterocycles. The molecule has 3 heteroatoms. The maximum absolute atomic E-state index is 4.35. The molecule has 0 spiro atoms. The van der Waals surface area contributed by atoms with E-state index in [2.05, 4.69) is 47.5 Å². The summed E-state index contributed by atoms with van der Waals surface area (Å²) in [6.45, 7) is 2.08. The quantitative estimate of drug-likeness (QED) is 0.547. The first kappa shape index (κ1) is 10.4. The minimum atomic E-state index is 0.965. The van der Waals surface area contributed by atoms with Gasteiger partial charge in [0.2, 0.25) is 0 Å². The van der Waals surface area contributed by atoms with E-state index in [1.54, 1.807) is 0 Å². The largest absolute Gasteiger partial charge is 0.357 e. The lowest BCUT2D eigenvalue weighted by Gasteiger charge is -2.03. The summed E-state index contributed by atoms with van der Waals surface area (Å²) < 4.78 is 2.03. The number of benzene rings is 2. The normalized spacial score (nSPS) is 11.4. The van der Waals surface area contributed by atoms with Crippen LogP contribution in [0.4, 0.5) is 0 Å². The van der Waals surface area contributed by atoms with E-state index < -0.39 is 0 Å². The fourth-order valence-electron chi connectivity index (χ4n) is 2.63. The summed E-state index contributed by atoms with van der Waals surface area (Å²) in [5.41, 5.74) is 5.44. The highest BCUT2D eigenvalue weighted by atomic mass is 15.1. The number of aryl methyl sites for hydroxylation is 1. The minimum Gasteiger partial charge on any atom is -0.357 e. The Balaban J connectivity index is 2.12. The zero-order valence-corrected chi connectivity index (χ0v) is 10.5. The highest BCUT2D eigenvalue weighted by molar-refractivity contribution is 5.92. The molecule has 0 saturated heterocycles. The van der Waals surface area contributed by atoms with Gasteiger partial charge in [-0.1, -0.05) is 30.3 Å². The molecule has 0 saturated carbocycles. The summed E-state index contributed by atoms with van der Waals surface area (Å²) in [7, 11) is 0. The molecule has 3 nitrogen and oxygen atoms in total. The third kappa shape index (κ3) is 1.41. The average molecular weight is 246 g/mol. The van der Waals surface area contributed by atoms with Crippen LogP contribution in [0.25, 0.3) is 27.6 Å². The van der Waals surface area contributed by atoms with Gasteiger partial charge in [0, 0.05) is 16.6 Å². The second-order valence-corrected chi connectivity index (χ2v) is 4.68. The summed E-state index contributed by atoms with van der Waals surface area (Å²) in [5.74, 6) is 0. The Hall–Kier alpha value is -2.55. The number of para-hydroxylation sites is 3. The summed E-state index contributed by atoms with van der Waals surface area (Å²) in [6.07, 6.45) is 3.10. The van der Waals surface area contributed by atoms with Crippen LogP contribution in [-0.4, -0.2) is 14.5 Å². The number of imidazole rings is 1. The zero-order chi connectivity index (χ0) is 12.8. The van der Waals surface area contributed by atoms with E-state index >= 15 is 0 Å². The summed E-state index contributed by atoms with van der Waals surface area (Å²) in [4.78, 5) is 7.76. The van der Waals surface area contributed by atoms with Crippen LogP contribution in [0.2, 0.25) is 0 Å². The van der Waals surface area contributed by atoms with E-state index in [0.29, 0.717) is 0 Å². The zero-order valence-electron chi connectivity index (χ0n) is 10.5. The van der Waals surface area contributed by atoms with Gasteiger partial charge < -0.3 is 4.98 Å². The van der Waals surface area contributed by atoms with Crippen LogP contribution in [0.15, 0.2) is 48.5 Å². The molecule has 1 N–H and O–H groups in total. The molecule has 0 aliphatic heterocycles. The van der Waals surface area contributed by atoms with E-state index in [4.69, 9.17) is 0 Å². The Labute approximate surface area is 110 Å². The molecule has 0 bridgehead atoms. The summed E-state index contributed by atoms with van der Waals surface area (Å²) in [6, 6.07) is 16.4. The molecule has 19 heavy (non-hydrogen) atoms. The molecule has 4 aromatic rings. The molecule has 1 radical (unpaired) electrons. The maximum atomic E-state index is 4.35. The molecular formula is C16H12N3. The van der Waals surface area contributed by atoms with Crippen molar-refractivity contribution in [3.05, 3.63) is 60.6 Å². The number of rotatable bonds is 1. The van der Waals surface area contributed by atoms with E-state index in [1.165, 1.54) is 5.39 Å². The Morgan fingerprint density at radius 1 is 1.05 bits per heavy atom. The Morgan fingerprint density at radius 3 is 2.79 bits per heavy atom. The highest BCUT2D eigenvalue weighted by Gasteiger charge is 2.12. The fraction of sp³-hybridized carbons (Fsp3) is 0.0625. The molecule has 4 rings (SSSR count). The van der Waals surface area contributed by atoms with Crippen LogP contribution >= 0.6 is 0 Å². The van der Waals surface area contributed by atoms with Crippen molar-refractivity contribution in [2.45, 2.75) is 6.92 Å². The third-order valence-corrected chi connectivity index (χ3v) is 3.48. The van der Waals surface area contributed by atoms with Crippen molar-refractivity contribution in [1.82, 2.24) is 14.5 Å². The molecule has 2 aromatic carbocycles. The number of nitrogens with zero attached hydrogens (tertiary/aromatic N) is 2. The van der Waals surface area contributed by atoms with Crippen molar-refractivity contribution in [2.24, 2.45) is 0 Å². The Kier molecular flexibility index (Phi) is 2.03. The van der Waals surface area contributed by atoms with Crippen LogP contribution in [0.5, 0.6) is 0 Å². The van der Waals surface area contributed by atoms with Crippen LogP contribution in [-0.2, 0) is 0 Å². The van der Waals surface area contributed by atoms with Crippen LogP contribution in [0.3, 0.4) is 0 Å². The summed E-state index contributed by atoms with van der Waals surface area (Å²) >= 11 is 0. The first-order valence-corrected chi connectivity index (χ1v) is 6.27. The number of aromatic amines is 1. The molecule has 0 aliphatic carbocycles. The monoisotopic (exact) mass is 246 g/mol. The van der Waals surface area contributed by atoms with Crippen molar-refractivity contribution < 1.29 is 0 Å². The van der Waals surface area contributed by atoms with Gasteiger partial charge in [-0.2, -0.15) is 0 Å². The SMILES string of the molecule is Cc1[nH]c2ccccc2c1-n1[c]nc2ccccc21. The molecule has 0 amide bonds. The fourth-order valence-corrected chi connectivity index (χ4v) is 2.63. The van der Waals surface area contributed by atoms with Gasteiger partial charge in [-0.25, -0.2) is 4.98 Å². The topological polar surface area (TPSA) is 33.6 Å². The van der Waals surface area contributed by atoms with Crippen LogP contribution in [0.1, 0.15) is 5.69 Å². The third-order valence-electron chi connectivity index (χ3n) is 3.48. The minimum absolute atomic E-state index is 0.965. The van der Waals surface area contributed by atoms with Gasteiger partial charge in [0.1, 0.15) is 0 Å². The van der Waals surface area contributed by atoms with Crippen molar-refractivity contribution in [2.75, 3.05) is 0 Å². The first-order chi connectivity index (χ1) is 9.34. The van der Waals surface area contributed by atoms with Crippen LogP contribution in [0, 0.1) is 13.3 Å². The lowest BCUT2D eigenvalue weighted by Crippen LogP contribution is -1.93. The van der Waals surface area contributed by atoms with Crippen molar-refractivity contribution in [3.63, 3.8) is 0 Å². The Morgan fingerprint density at radius 2 is 1.84 bits per heavy atom. The van der Waals surface area contributed by atoms with Crippen molar-refractivity contribution in [1.29, 1.82) is 0 Å². The predicted molar refractivity (Wildman–Crippen MR) is 76.5 cm³/mol. The molecule has 0 aliphatic rings. The van der Waals surface area contributed by atoms with Gasteiger partial charge in [0.25, 0.3) is 0 Å². The maximum Gasteiger partial charge on any atom is 0.182 e. The standard InChI is InChI=1S/C16H12N3/c1-11-16(12-6-2-3-7-13(12)18-11)19-10-17-14-8-4-5-9-15(14)19/h2-9,18H,1H3. The summed E-state index contributed by atoms with van der Waals surface area (Å²) in [5, 5.41) is 1.19. The van der Waals surface area contributed by atoms with Crippen LogP contribution < -0.4 is 0 Å². The number of nitrogens with one attached hydrogen (secondary N) is 1. The number of aromatic nitrogens is 3. The predicted octanol–water partition coefficient (Wildman–Crippen LogP) is 3.62. The van der Waals surface area contributed by atoms with Gasteiger partial charge in [0.15, 0.2) is 6.33 Å². The highest BCUT2D eigenvalue weighted by Crippen LogP contribution is 2.28. The van der Waals surface area contributed by atoms with Gasteiger partial charge in [-0.15, -0.1) is 0 Å². The Bertz CT molecular complexity index is 883. The molecule has 2 aromatic heterocycles. The van der Waals surface area contributed by atoms with Gasteiger partial charge >= 0.3 is 0 Å². The second kappa shape index (κ2) is 3.72. The van der Waals surface area contributed by atoms with Crippen molar-refractivity contribution in [3.8, 4) is 5.69 Å². The molecule has 0 atom stereocenters. The van der Waals surface area contributed by atoms with E-state index in [0.717, 1.165) is 27.9 Å². The van der Waals surface area contributed by atoms with E-state index in [9.17, 15) is 0 Å². The van der Waals surface area contributed by atoms with Crippen molar-refractivity contribution >= 4 is 21.9 Å².